The van der Waals surface area contributed by atoms with Gasteiger partial charge >= 0.3 is 5.91 Å². The molecule has 1 amide bonds. The van der Waals surface area contributed by atoms with Crippen molar-refractivity contribution in [2.75, 3.05) is 34.5 Å². The summed E-state index contributed by atoms with van der Waals surface area (Å²) in [6, 6.07) is 11.0. The fourth-order valence-electron chi connectivity index (χ4n) is 3.43. The van der Waals surface area contributed by atoms with Gasteiger partial charge in [-0.05, 0) is 19.1 Å². The highest BCUT2D eigenvalue weighted by molar-refractivity contribution is 7.16. The van der Waals surface area contributed by atoms with Crippen molar-refractivity contribution < 1.29 is 28.2 Å². The first kappa shape index (κ1) is 21.9. The van der Waals surface area contributed by atoms with E-state index in [4.69, 9.17) is 23.4 Å². The number of aromatic nitrogens is 1. The summed E-state index contributed by atoms with van der Waals surface area (Å²) >= 11 is 1.38. The van der Waals surface area contributed by atoms with E-state index in [1.165, 1.54) is 11.3 Å². The standard InChI is InChI=1S/C23H24N2O6S/c1-5-30-16-8-6-7-14-11-19(31-21(14)16)22(26)24-23-25(9-10-27-2)15-12-17(28-3)18(29-4)13-20(15)32-23/h6-8,11-13H,5,9-10H2,1-4H3. The number of hydrogen-bond acceptors (Lipinski definition) is 7. The van der Waals surface area contributed by atoms with Crippen LogP contribution in [0.3, 0.4) is 0 Å². The maximum atomic E-state index is 13.0. The average molecular weight is 457 g/mol. The second-order valence-electron chi connectivity index (χ2n) is 6.84. The number of furan rings is 1. The number of carbonyl (C=O) groups excluding carboxylic acids is 1. The Morgan fingerprint density at radius 2 is 1.88 bits per heavy atom. The summed E-state index contributed by atoms with van der Waals surface area (Å²) in [5, 5.41) is 0.785. The summed E-state index contributed by atoms with van der Waals surface area (Å²) in [7, 11) is 4.80. The van der Waals surface area contributed by atoms with E-state index in [0.29, 0.717) is 47.4 Å². The first-order valence-corrected chi connectivity index (χ1v) is 10.9. The summed E-state index contributed by atoms with van der Waals surface area (Å²) in [6.45, 7) is 3.38. The smallest absolute Gasteiger partial charge is 0.315 e. The molecule has 0 saturated heterocycles. The lowest BCUT2D eigenvalue weighted by Crippen LogP contribution is -2.19. The molecule has 4 rings (SSSR count). The Hall–Kier alpha value is -3.30. The van der Waals surface area contributed by atoms with Crippen molar-refractivity contribution in [3.63, 3.8) is 0 Å². The third-order valence-electron chi connectivity index (χ3n) is 4.92. The lowest BCUT2D eigenvalue weighted by atomic mass is 10.2. The molecule has 0 fully saturated rings. The van der Waals surface area contributed by atoms with Crippen LogP contribution in [0.25, 0.3) is 21.2 Å². The van der Waals surface area contributed by atoms with Gasteiger partial charge in [0.2, 0.25) is 0 Å². The molecule has 0 radical (unpaired) electrons. The highest BCUT2D eigenvalue weighted by Gasteiger charge is 2.17. The van der Waals surface area contributed by atoms with E-state index in [1.807, 2.05) is 41.8 Å². The van der Waals surface area contributed by atoms with Crippen LogP contribution in [-0.4, -0.2) is 45.0 Å². The molecule has 168 valence electrons. The Labute approximate surface area is 188 Å². The number of hydrogen-bond donors (Lipinski definition) is 0. The number of carbonyl (C=O) groups is 1. The highest BCUT2D eigenvalue weighted by atomic mass is 32.1. The Morgan fingerprint density at radius 3 is 2.59 bits per heavy atom. The number of benzene rings is 2. The second kappa shape index (κ2) is 9.46. The van der Waals surface area contributed by atoms with E-state index >= 15 is 0 Å². The van der Waals surface area contributed by atoms with Crippen LogP contribution in [0.15, 0.2) is 45.8 Å². The van der Waals surface area contributed by atoms with Crippen molar-refractivity contribution in [3.05, 3.63) is 47.0 Å². The van der Waals surface area contributed by atoms with E-state index in [1.54, 1.807) is 27.4 Å². The Balaban J connectivity index is 1.82. The van der Waals surface area contributed by atoms with E-state index in [-0.39, 0.29) is 5.76 Å². The Bertz CT molecular complexity index is 1330. The predicted octanol–water partition coefficient (Wildman–Crippen LogP) is 4.25. The van der Waals surface area contributed by atoms with Gasteiger partial charge in [0.15, 0.2) is 33.4 Å². The highest BCUT2D eigenvalue weighted by Crippen LogP contribution is 2.33. The molecule has 0 aliphatic rings. The van der Waals surface area contributed by atoms with Gasteiger partial charge in [0.25, 0.3) is 0 Å². The van der Waals surface area contributed by atoms with Gasteiger partial charge in [-0.3, -0.25) is 4.79 Å². The zero-order valence-electron chi connectivity index (χ0n) is 18.3. The maximum absolute atomic E-state index is 13.0. The first-order valence-electron chi connectivity index (χ1n) is 10.1. The number of nitrogens with zero attached hydrogens (tertiary/aromatic N) is 2. The van der Waals surface area contributed by atoms with Crippen LogP contribution < -0.4 is 19.0 Å². The van der Waals surface area contributed by atoms with Gasteiger partial charge in [0.1, 0.15) is 0 Å². The van der Waals surface area contributed by atoms with Crippen molar-refractivity contribution in [2.45, 2.75) is 13.5 Å². The molecule has 0 unspecified atom stereocenters. The molecule has 2 heterocycles. The SMILES string of the molecule is CCOc1cccc2cc(C(=O)N=c3sc4cc(OC)c(OC)cc4n3CCOC)oc12. The second-order valence-corrected chi connectivity index (χ2v) is 7.85. The van der Waals surface area contributed by atoms with Crippen molar-refractivity contribution in [1.82, 2.24) is 4.57 Å². The molecular weight excluding hydrogens is 432 g/mol. The van der Waals surface area contributed by atoms with Gasteiger partial charge in [0.05, 0.1) is 37.6 Å². The van der Waals surface area contributed by atoms with Crippen LogP contribution in [0.4, 0.5) is 0 Å². The van der Waals surface area contributed by atoms with Gasteiger partial charge in [-0.2, -0.15) is 4.99 Å². The van der Waals surface area contributed by atoms with Gasteiger partial charge in [-0.15, -0.1) is 0 Å². The molecule has 0 bridgehead atoms. The van der Waals surface area contributed by atoms with Gasteiger partial charge in [0, 0.05) is 31.2 Å². The van der Waals surface area contributed by atoms with E-state index < -0.39 is 5.91 Å². The monoisotopic (exact) mass is 456 g/mol. The maximum Gasteiger partial charge on any atom is 0.315 e. The van der Waals surface area contributed by atoms with Crippen LogP contribution in [0, 0.1) is 0 Å². The molecule has 32 heavy (non-hydrogen) atoms. The summed E-state index contributed by atoms with van der Waals surface area (Å²) in [5.41, 5.74) is 1.41. The summed E-state index contributed by atoms with van der Waals surface area (Å²) in [5.74, 6) is 1.49. The molecule has 0 atom stereocenters. The summed E-state index contributed by atoms with van der Waals surface area (Å²) in [4.78, 5) is 17.9. The number of ether oxygens (including phenoxy) is 4. The minimum atomic E-state index is -0.472. The molecule has 0 aliphatic heterocycles. The van der Waals surface area contributed by atoms with Crippen LogP contribution >= 0.6 is 11.3 Å². The number of amides is 1. The minimum absolute atomic E-state index is 0.151. The zero-order chi connectivity index (χ0) is 22.7. The van der Waals surface area contributed by atoms with Crippen molar-refractivity contribution in [3.8, 4) is 17.2 Å². The molecule has 2 aromatic carbocycles. The van der Waals surface area contributed by atoms with E-state index in [2.05, 4.69) is 4.99 Å². The summed E-state index contributed by atoms with van der Waals surface area (Å²) in [6.07, 6.45) is 0. The van der Waals surface area contributed by atoms with Crippen molar-refractivity contribution >= 4 is 38.4 Å². The summed E-state index contributed by atoms with van der Waals surface area (Å²) < 4.78 is 30.4. The fourth-order valence-corrected chi connectivity index (χ4v) is 4.50. The minimum Gasteiger partial charge on any atom is -0.493 e. The van der Waals surface area contributed by atoms with Crippen molar-refractivity contribution in [2.24, 2.45) is 4.99 Å². The van der Waals surface area contributed by atoms with Gasteiger partial charge < -0.3 is 27.9 Å². The third kappa shape index (κ3) is 4.09. The molecule has 8 nitrogen and oxygen atoms in total. The number of methoxy groups -OCH3 is 3. The van der Waals surface area contributed by atoms with Gasteiger partial charge in [-0.1, -0.05) is 23.5 Å². The number of thiazole rings is 1. The lowest BCUT2D eigenvalue weighted by molar-refractivity contribution is 0.0973. The van der Waals surface area contributed by atoms with Crippen molar-refractivity contribution in [1.29, 1.82) is 0 Å². The lowest BCUT2D eigenvalue weighted by Gasteiger charge is -2.09. The number of fused-ring (bicyclic) bond motifs is 2. The largest absolute Gasteiger partial charge is 0.493 e. The molecular formula is C23H24N2O6S. The average Bonchev–Trinajstić information content (AvgIpc) is 3.38. The van der Waals surface area contributed by atoms with Crippen LogP contribution in [0.5, 0.6) is 17.2 Å². The van der Waals surface area contributed by atoms with E-state index in [0.717, 1.165) is 15.6 Å². The molecule has 9 heteroatoms. The van der Waals surface area contributed by atoms with Crippen LogP contribution in [0.2, 0.25) is 0 Å². The molecule has 2 aromatic heterocycles. The quantitative estimate of drug-likeness (QED) is 0.394. The molecule has 0 spiro atoms. The predicted molar refractivity (Wildman–Crippen MR) is 122 cm³/mol. The number of para-hydroxylation sites is 1. The first-order chi connectivity index (χ1) is 15.6. The number of rotatable bonds is 8. The Morgan fingerprint density at radius 1 is 1.09 bits per heavy atom. The molecule has 0 aliphatic carbocycles. The third-order valence-corrected chi connectivity index (χ3v) is 5.96. The Kier molecular flexibility index (Phi) is 6.48. The molecule has 4 aromatic rings. The van der Waals surface area contributed by atoms with Crippen LogP contribution in [-0.2, 0) is 11.3 Å². The van der Waals surface area contributed by atoms with Crippen LogP contribution in [0.1, 0.15) is 17.5 Å². The topological polar surface area (TPSA) is 84.4 Å². The zero-order valence-corrected chi connectivity index (χ0v) is 19.2. The molecule has 0 N–H and O–H groups in total. The van der Waals surface area contributed by atoms with E-state index in [9.17, 15) is 4.79 Å². The molecule has 0 saturated carbocycles. The van der Waals surface area contributed by atoms with Gasteiger partial charge in [-0.25, -0.2) is 0 Å². The fraction of sp³-hybridized carbons (Fsp3) is 0.304. The normalized spacial score (nSPS) is 11.9.